The molecule has 1 aliphatic rings. The number of anilines is 2. The van der Waals surface area contributed by atoms with Gasteiger partial charge >= 0.3 is 0 Å². The highest BCUT2D eigenvalue weighted by Gasteiger charge is 2.16. The van der Waals surface area contributed by atoms with E-state index in [2.05, 4.69) is 16.7 Å². The van der Waals surface area contributed by atoms with Crippen LogP contribution in [0.25, 0.3) is 0 Å². The van der Waals surface area contributed by atoms with E-state index in [4.69, 9.17) is 0 Å². The van der Waals surface area contributed by atoms with Crippen LogP contribution in [0.5, 0.6) is 0 Å². The van der Waals surface area contributed by atoms with E-state index >= 15 is 0 Å². The van der Waals surface area contributed by atoms with E-state index in [-0.39, 0.29) is 10.6 Å². The molecule has 0 bridgehead atoms. The molecular weight excluding hydrogens is 266 g/mol. The molecule has 2 aromatic carbocycles. The molecule has 0 radical (unpaired) electrons. The topological polar surface area (TPSA) is 67.2 Å². The molecule has 2 N–H and O–H groups in total. The van der Waals surface area contributed by atoms with E-state index < -0.39 is 0 Å². The summed E-state index contributed by atoms with van der Waals surface area (Å²) < 4.78 is 0. The lowest BCUT2D eigenvalue weighted by Crippen LogP contribution is -2.24. The number of fused-ring (bicyclic) bond motifs is 1. The monoisotopic (exact) mass is 283 g/mol. The summed E-state index contributed by atoms with van der Waals surface area (Å²) in [5.41, 5.74) is 5.21. The minimum absolute atomic E-state index is 0.145. The molecule has 5 heteroatoms. The zero-order valence-corrected chi connectivity index (χ0v) is 11.8. The molecule has 21 heavy (non-hydrogen) atoms. The van der Waals surface area contributed by atoms with Crippen LogP contribution in [-0.4, -0.2) is 11.5 Å². The van der Waals surface area contributed by atoms with E-state index in [0.29, 0.717) is 5.56 Å². The van der Waals surface area contributed by atoms with Gasteiger partial charge in [-0.1, -0.05) is 18.2 Å². The minimum Gasteiger partial charge on any atom is -0.355 e. The van der Waals surface area contributed by atoms with Gasteiger partial charge in [-0.2, -0.15) is 0 Å². The number of benzene rings is 2. The molecule has 1 aliphatic heterocycles. The minimum atomic E-state index is -0.342. The lowest BCUT2D eigenvalue weighted by atomic mass is 9.98. The molecule has 0 saturated heterocycles. The van der Waals surface area contributed by atoms with Crippen LogP contribution < -0.4 is 10.6 Å². The van der Waals surface area contributed by atoms with E-state index in [0.717, 1.165) is 30.9 Å². The van der Waals surface area contributed by atoms with Crippen molar-refractivity contribution in [2.45, 2.75) is 19.9 Å². The third-order valence-electron chi connectivity index (χ3n) is 3.91. The Morgan fingerprint density at radius 2 is 1.95 bits per heavy atom. The second-order valence-electron chi connectivity index (χ2n) is 5.20. The van der Waals surface area contributed by atoms with Crippen LogP contribution in [0.4, 0.5) is 17.1 Å². The maximum atomic E-state index is 11.0. The first-order valence-corrected chi connectivity index (χ1v) is 6.99. The van der Waals surface area contributed by atoms with Gasteiger partial charge in [0, 0.05) is 24.0 Å². The summed E-state index contributed by atoms with van der Waals surface area (Å²) >= 11 is 0. The molecule has 0 spiro atoms. The molecule has 0 fully saturated rings. The number of nitrogens with one attached hydrogen (secondary N) is 2. The molecule has 5 nitrogen and oxygen atoms in total. The quantitative estimate of drug-likeness (QED) is 0.670. The van der Waals surface area contributed by atoms with E-state index in [1.165, 1.54) is 17.2 Å². The van der Waals surface area contributed by atoms with Crippen molar-refractivity contribution in [3.8, 4) is 0 Å². The number of hydrogen-bond donors (Lipinski definition) is 2. The molecule has 2 aromatic rings. The number of hydrogen-bond acceptors (Lipinski definition) is 4. The van der Waals surface area contributed by atoms with Gasteiger partial charge in [0.05, 0.1) is 10.5 Å². The SMILES string of the molecule is Cc1c(Nc2cccc3c2CCNC3)cccc1[N+](=O)[O-]. The summed E-state index contributed by atoms with van der Waals surface area (Å²) in [6.45, 7) is 3.61. The van der Waals surface area contributed by atoms with Crippen molar-refractivity contribution >= 4 is 17.1 Å². The second-order valence-corrected chi connectivity index (χ2v) is 5.20. The molecule has 108 valence electrons. The van der Waals surface area contributed by atoms with Crippen molar-refractivity contribution in [1.29, 1.82) is 0 Å². The van der Waals surface area contributed by atoms with Gasteiger partial charge in [-0.15, -0.1) is 0 Å². The Balaban J connectivity index is 1.98. The molecule has 0 aromatic heterocycles. The first-order chi connectivity index (χ1) is 10.2. The molecule has 0 saturated carbocycles. The number of nitrogens with zero attached hydrogens (tertiary/aromatic N) is 1. The van der Waals surface area contributed by atoms with Gasteiger partial charge in [0.15, 0.2) is 0 Å². The number of rotatable bonds is 3. The highest BCUT2D eigenvalue weighted by atomic mass is 16.6. The van der Waals surface area contributed by atoms with Crippen molar-refractivity contribution in [3.05, 3.63) is 63.2 Å². The summed E-state index contributed by atoms with van der Waals surface area (Å²) in [6, 6.07) is 11.3. The van der Waals surface area contributed by atoms with Gasteiger partial charge in [0.1, 0.15) is 0 Å². The molecule has 0 amide bonds. The normalized spacial score (nSPS) is 13.6. The van der Waals surface area contributed by atoms with Crippen molar-refractivity contribution in [2.24, 2.45) is 0 Å². The van der Waals surface area contributed by atoms with Crippen LogP contribution in [0.3, 0.4) is 0 Å². The van der Waals surface area contributed by atoms with Crippen molar-refractivity contribution < 1.29 is 4.92 Å². The Labute approximate surface area is 123 Å². The van der Waals surface area contributed by atoms with Crippen molar-refractivity contribution in [1.82, 2.24) is 5.32 Å². The third kappa shape index (κ3) is 2.60. The number of nitro groups is 1. The zero-order chi connectivity index (χ0) is 14.8. The second kappa shape index (κ2) is 5.54. The number of nitro benzene ring substituents is 1. The molecular formula is C16H17N3O2. The molecule has 0 atom stereocenters. The third-order valence-corrected chi connectivity index (χ3v) is 3.91. The summed E-state index contributed by atoms with van der Waals surface area (Å²) in [4.78, 5) is 10.7. The first-order valence-electron chi connectivity index (χ1n) is 6.99. The summed E-state index contributed by atoms with van der Waals surface area (Å²) in [7, 11) is 0. The predicted octanol–water partition coefficient (Wildman–Crippen LogP) is 3.29. The average molecular weight is 283 g/mol. The van der Waals surface area contributed by atoms with Crippen molar-refractivity contribution in [2.75, 3.05) is 11.9 Å². The summed E-state index contributed by atoms with van der Waals surface area (Å²) in [6.07, 6.45) is 0.965. The molecule has 0 unspecified atom stereocenters. The Morgan fingerprint density at radius 3 is 2.76 bits per heavy atom. The fourth-order valence-corrected chi connectivity index (χ4v) is 2.75. The maximum absolute atomic E-state index is 11.0. The highest BCUT2D eigenvalue weighted by Crippen LogP contribution is 2.31. The van der Waals surface area contributed by atoms with Gasteiger partial charge in [-0.3, -0.25) is 10.1 Å². The van der Waals surface area contributed by atoms with Gasteiger partial charge in [0.25, 0.3) is 5.69 Å². The fraction of sp³-hybridized carbons (Fsp3) is 0.250. The Bertz CT molecular complexity index is 698. The van der Waals surface area contributed by atoms with Gasteiger partial charge in [0.2, 0.25) is 0 Å². The van der Waals surface area contributed by atoms with E-state index in [1.807, 2.05) is 18.2 Å². The van der Waals surface area contributed by atoms with Gasteiger partial charge < -0.3 is 10.6 Å². The van der Waals surface area contributed by atoms with Crippen molar-refractivity contribution in [3.63, 3.8) is 0 Å². The van der Waals surface area contributed by atoms with Crippen LogP contribution in [0.2, 0.25) is 0 Å². The van der Waals surface area contributed by atoms with Gasteiger partial charge in [-0.05, 0) is 43.1 Å². The molecule has 0 aliphatic carbocycles. The van der Waals surface area contributed by atoms with E-state index in [1.54, 1.807) is 13.0 Å². The fourth-order valence-electron chi connectivity index (χ4n) is 2.75. The molecule has 1 heterocycles. The van der Waals surface area contributed by atoms with Crippen LogP contribution in [0.15, 0.2) is 36.4 Å². The van der Waals surface area contributed by atoms with Crippen LogP contribution in [0.1, 0.15) is 16.7 Å². The average Bonchev–Trinajstić information content (AvgIpc) is 2.49. The maximum Gasteiger partial charge on any atom is 0.274 e. The van der Waals surface area contributed by atoms with E-state index in [9.17, 15) is 10.1 Å². The Kier molecular flexibility index (Phi) is 3.58. The van der Waals surface area contributed by atoms with Crippen LogP contribution >= 0.6 is 0 Å². The highest BCUT2D eigenvalue weighted by molar-refractivity contribution is 5.70. The standard InChI is InChI=1S/C16H17N3O2/c1-11-14(5-3-7-16(11)19(20)21)18-15-6-2-4-12-10-17-9-8-13(12)15/h2-7,17-18H,8-10H2,1H3. The summed E-state index contributed by atoms with van der Waals surface area (Å²) in [5.74, 6) is 0. The van der Waals surface area contributed by atoms with Crippen LogP contribution in [0, 0.1) is 17.0 Å². The lowest BCUT2D eigenvalue weighted by Gasteiger charge is -2.21. The summed E-state index contributed by atoms with van der Waals surface area (Å²) in [5, 5.41) is 17.7. The first kappa shape index (κ1) is 13.6. The van der Waals surface area contributed by atoms with Crippen LogP contribution in [-0.2, 0) is 13.0 Å². The zero-order valence-electron chi connectivity index (χ0n) is 11.8. The smallest absolute Gasteiger partial charge is 0.274 e. The molecule has 3 rings (SSSR count). The Hall–Kier alpha value is -2.40. The lowest BCUT2D eigenvalue weighted by molar-refractivity contribution is -0.385. The predicted molar refractivity (Wildman–Crippen MR) is 83.0 cm³/mol. The largest absolute Gasteiger partial charge is 0.355 e. The Morgan fingerprint density at radius 1 is 1.19 bits per heavy atom. The van der Waals surface area contributed by atoms with Gasteiger partial charge in [-0.25, -0.2) is 0 Å².